The van der Waals surface area contributed by atoms with Gasteiger partial charge in [0.05, 0.1) is 41.7 Å². The van der Waals surface area contributed by atoms with Crippen LogP contribution in [0.15, 0.2) is 36.4 Å². The van der Waals surface area contributed by atoms with E-state index < -0.39 is 22.8 Å². The number of hydrogen-bond donors (Lipinski definition) is 2. The second kappa shape index (κ2) is 7.85. The molecule has 2 heterocycles. The number of carbonyl (C=O) groups is 1. The van der Waals surface area contributed by atoms with Gasteiger partial charge in [-0.1, -0.05) is 0 Å². The lowest BCUT2D eigenvalue weighted by molar-refractivity contribution is -0.137. The van der Waals surface area contributed by atoms with Gasteiger partial charge in [-0.15, -0.1) is 0 Å². The summed E-state index contributed by atoms with van der Waals surface area (Å²) in [6, 6.07) is 9.96. The minimum Gasteiger partial charge on any atom is -0.484 e. The molecule has 2 N–H and O–H groups in total. The van der Waals surface area contributed by atoms with E-state index in [1.165, 1.54) is 6.07 Å². The number of alkyl halides is 3. The first kappa shape index (κ1) is 22.4. The summed E-state index contributed by atoms with van der Waals surface area (Å²) in [4.78, 5) is 16.4. The van der Waals surface area contributed by atoms with Crippen LogP contribution in [0.1, 0.15) is 30.4 Å². The van der Waals surface area contributed by atoms with Crippen LogP contribution in [0.4, 0.5) is 30.2 Å². The first-order valence-corrected chi connectivity index (χ1v) is 11.1. The molecule has 34 heavy (non-hydrogen) atoms. The SMILES string of the molecule is N#Cc1ccc(N2C(=O)C3(CCC3)N(c3ccc4c(c3)NCC(CO)O4)C2=S)cc1C(F)(F)F. The molecule has 2 aromatic rings. The van der Waals surface area contributed by atoms with E-state index in [9.17, 15) is 23.1 Å². The molecule has 1 aliphatic carbocycles. The standard InChI is InChI=1S/C23H19F3N4O3S/c24-23(25,26)17-8-14(3-2-13(17)10-27)29-20(32)22(6-1-7-22)30(21(29)34)15-4-5-19-18(9-15)28-11-16(12-31)33-19/h2-5,8-9,16,28,31H,1,6-7,11-12H2. The number of hydrogen-bond acceptors (Lipinski definition) is 6. The second-order valence-electron chi connectivity index (χ2n) is 8.47. The molecule has 1 amide bonds. The van der Waals surface area contributed by atoms with E-state index in [0.29, 0.717) is 36.5 Å². The van der Waals surface area contributed by atoms with Crippen molar-refractivity contribution in [3.05, 3.63) is 47.5 Å². The summed E-state index contributed by atoms with van der Waals surface area (Å²) in [6.07, 6.45) is -3.32. The number of ether oxygens (including phenoxy) is 1. The molecule has 0 aromatic heterocycles. The van der Waals surface area contributed by atoms with Gasteiger partial charge in [-0.25, -0.2) is 0 Å². The third-order valence-corrected chi connectivity index (χ3v) is 6.88. The number of nitrogens with zero attached hydrogens (tertiary/aromatic N) is 3. The van der Waals surface area contributed by atoms with Gasteiger partial charge in [0.25, 0.3) is 5.91 Å². The lowest BCUT2D eigenvalue weighted by Crippen LogP contribution is -2.55. The van der Waals surface area contributed by atoms with Crippen LogP contribution in [0.25, 0.3) is 0 Å². The first-order valence-electron chi connectivity index (χ1n) is 10.6. The molecule has 2 fully saturated rings. The van der Waals surface area contributed by atoms with Crippen molar-refractivity contribution in [1.29, 1.82) is 5.26 Å². The van der Waals surface area contributed by atoms with Crippen molar-refractivity contribution < 1.29 is 27.8 Å². The number of nitrogens with one attached hydrogen (secondary N) is 1. The van der Waals surface area contributed by atoms with E-state index in [4.69, 9.17) is 22.2 Å². The van der Waals surface area contributed by atoms with Crippen LogP contribution in [0.5, 0.6) is 5.75 Å². The average Bonchev–Trinajstić information content (AvgIpc) is 3.04. The summed E-state index contributed by atoms with van der Waals surface area (Å²) in [5, 5.41) is 21.7. The minimum absolute atomic E-state index is 0.0275. The number of anilines is 3. The maximum atomic E-state index is 13.6. The Labute approximate surface area is 198 Å². The zero-order valence-corrected chi connectivity index (χ0v) is 18.5. The van der Waals surface area contributed by atoms with Crippen molar-refractivity contribution in [2.24, 2.45) is 0 Å². The van der Waals surface area contributed by atoms with E-state index >= 15 is 0 Å². The highest BCUT2D eigenvalue weighted by Gasteiger charge is 2.59. The van der Waals surface area contributed by atoms with Gasteiger partial charge in [-0.2, -0.15) is 18.4 Å². The highest BCUT2D eigenvalue weighted by Crippen LogP contribution is 2.49. The Balaban J connectivity index is 1.55. The van der Waals surface area contributed by atoms with E-state index in [2.05, 4.69) is 5.32 Å². The Morgan fingerprint density at radius 1 is 1.24 bits per heavy atom. The quantitative estimate of drug-likeness (QED) is 0.636. The van der Waals surface area contributed by atoms with Crippen molar-refractivity contribution in [3.63, 3.8) is 0 Å². The maximum absolute atomic E-state index is 13.6. The monoisotopic (exact) mass is 488 g/mol. The fraction of sp³-hybridized carbons (Fsp3) is 0.348. The molecule has 7 nitrogen and oxygen atoms in total. The predicted octanol–water partition coefficient (Wildman–Crippen LogP) is 3.80. The lowest BCUT2D eigenvalue weighted by atomic mass is 9.75. The molecule has 0 bridgehead atoms. The van der Waals surface area contributed by atoms with Crippen LogP contribution in [0, 0.1) is 11.3 Å². The molecular weight excluding hydrogens is 469 g/mol. The Morgan fingerprint density at radius 3 is 2.59 bits per heavy atom. The highest BCUT2D eigenvalue weighted by molar-refractivity contribution is 7.81. The summed E-state index contributed by atoms with van der Waals surface area (Å²) in [5.74, 6) is 0.163. The summed E-state index contributed by atoms with van der Waals surface area (Å²) < 4.78 is 46.4. The van der Waals surface area contributed by atoms with Gasteiger partial charge in [0.15, 0.2) is 5.11 Å². The number of aliphatic hydroxyl groups excluding tert-OH is 1. The van der Waals surface area contributed by atoms with E-state index in [1.807, 2.05) is 0 Å². The number of benzene rings is 2. The molecule has 1 atom stereocenters. The summed E-state index contributed by atoms with van der Waals surface area (Å²) in [7, 11) is 0. The van der Waals surface area contributed by atoms with Crippen molar-refractivity contribution in [1.82, 2.24) is 0 Å². The highest BCUT2D eigenvalue weighted by atomic mass is 32.1. The van der Waals surface area contributed by atoms with Crippen molar-refractivity contribution in [2.45, 2.75) is 37.1 Å². The lowest BCUT2D eigenvalue weighted by Gasteiger charge is -2.43. The molecule has 1 saturated carbocycles. The summed E-state index contributed by atoms with van der Waals surface area (Å²) in [5.41, 5.74) is -1.35. The largest absolute Gasteiger partial charge is 0.484 e. The molecule has 3 aliphatic rings. The number of nitriles is 1. The van der Waals surface area contributed by atoms with Gasteiger partial charge in [-0.3, -0.25) is 9.69 Å². The topological polar surface area (TPSA) is 88.8 Å². The van der Waals surface area contributed by atoms with Gasteiger partial charge < -0.3 is 20.1 Å². The number of thiocarbonyl (C=S) groups is 1. The molecule has 2 aliphatic heterocycles. The van der Waals surface area contributed by atoms with Gasteiger partial charge in [0.1, 0.15) is 17.4 Å². The van der Waals surface area contributed by atoms with Crippen LogP contribution in [-0.4, -0.2) is 40.9 Å². The summed E-state index contributed by atoms with van der Waals surface area (Å²) in [6.45, 7) is 0.264. The van der Waals surface area contributed by atoms with Gasteiger partial charge in [-0.05, 0) is 67.9 Å². The van der Waals surface area contributed by atoms with Crippen LogP contribution in [0.3, 0.4) is 0 Å². The number of rotatable bonds is 3. The fourth-order valence-corrected chi connectivity index (χ4v) is 5.12. The molecule has 1 unspecified atom stereocenters. The Morgan fingerprint density at radius 2 is 1.97 bits per heavy atom. The summed E-state index contributed by atoms with van der Waals surface area (Å²) >= 11 is 5.64. The molecular formula is C23H19F3N4O3S. The average molecular weight is 488 g/mol. The number of halogens is 3. The maximum Gasteiger partial charge on any atom is 0.417 e. The van der Waals surface area contributed by atoms with Crippen molar-refractivity contribution >= 4 is 40.3 Å². The van der Waals surface area contributed by atoms with E-state index in [-0.39, 0.29) is 29.4 Å². The Kier molecular flexibility index (Phi) is 5.18. The molecule has 2 aromatic carbocycles. The van der Waals surface area contributed by atoms with Gasteiger partial charge >= 0.3 is 6.18 Å². The van der Waals surface area contributed by atoms with Gasteiger partial charge in [0, 0.05) is 5.69 Å². The second-order valence-corrected chi connectivity index (χ2v) is 8.83. The molecule has 11 heteroatoms. The Bertz CT molecular complexity index is 1240. The van der Waals surface area contributed by atoms with E-state index in [0.717, 1.165) is 23.5 Å². The van der Waals surface area contributed by atoms with Gasteiger partial charge in [0.2, 0.25) is 0 Å². The first-order chi connectivity index (χ1) is 16.2. The van der Waals surface area contributed by atoms with Crippen LogP contribution in [-0.2, 0) is 11.0 Å². The Hall–Kier alpha value is -3.36. The normalized spacial score (nSPS) is 21.0. The molecule has 176 valence electrons. The molecule has 1 spiro atoms. The van der Waals surface area contributed by atoms with Crippen LogP contribution < -0.4 is 19.9 Å². The van der Waals surface area contributed by atoms with Crippen LogP contribution >= 0.6 is 12.2 Å². The third kappa shape index (κ3) is 3.28. The van der Waals surface area contributed by atoms with E-state index in [1.54, 1.807) is 29.2 Å². The third-order valence-electron chi connectivity index (χ3n) is 6.52. The number of fused-ring (bicyclic) bond motifs is 1. The predicted molar refractivity (Wildman–Crippen MR) is 122 cm³/mol. The minimum atomic E-state index is -4.75. The number of carbonyl (C=O) groups excluding carboxylic acids is 1. The van der Waals surface area contributed by atoms with Crippen molar-refractivity contribution in [3.8, 4) is 11.8 Å². The molecule has 5 rings (SSSR count). The zero-order valence-electron chi connectivity index (χ0n) is 17.7. The smallest absolute Gasteiger partial charge is 0.417 e. The fourth-order valence-electron chi connectivity index (χ4n) is 4.66. The van der Waals surface area contributed by atoms with Crippen LogP contribution in [0.2, 0.25) is 0 Å². The number of aliphatic hydroxyl groups is 1. The zero-order chi connectivity index (χ0) is 24.3. The molecule has 0 radical (unpaired) electrons. The number of amides is 1. The van der Waals surface area contributed by atoms with Crippen molar-refractivity contribution in [2.75, 3.05) is 28.3 Å². The molecule has 1 saturated heterocycles.